The number of carbonyl (C=O) groups is 4. The standard InChI is InChI=1S/C29H45NO7/c1-5-25(31)14-9-11-19-35-22-29(17-16-27(33)7-3,23-36-20-12-10-15-26(32)6-2)24-37-21-13-18-30-28(34)8-4/h5-8H,1-4,9-24H2,(H,30,34). The van der Waals surface area contributed by atoms with Crippen LogP contribution in [0.5, 0.6) is 0 Å². The molecule has 208 valence electrons. The van der Waals surface area contributed by atoms with E-state index in [-0.39, 0.29) is 29.7 Å². The maximum absolute atomic E-state index is 12.0. The quantitative estimate of drug-likeness (QED) is 0.129. The monoisotopic (exact) mass is 519 g/mol. The molecular formula is C29H45NO7. The van der Waals surface area contributed by atoms with Crippen molar-refractivity contribution in [2.75, 3.05) is 46.2 Å². The van der Waals surface area contributed by atoms with Gasteiger partial charge in [0.1, 0.15) is 0 Å². The molecule has 37 heavy (non-hydrogen) atoms. The van der Waals surface area contributed by atoms with E-state index in [0.29, 0.717) is 84.7 Å². The molecule has 0 unspecified atom stereocenters. The molecule has 0 aromatic heterocycles. The lowest BCUT2D eigenvalue weighted by Crippen LogP contribution is -2.38. The van der Waals surface area contributed by atoms with Gasteiger partial charge in [0.05, 0.1) is 19.8 Å². The average molecular weight is 520 g/mol. The third-order valence-electron chi connectivity index (χ3n) is 5.68. The van der Waals surface area contributed by atoms with Crippen molar-refractivity contribution in [3.05, 3.63) is 50.6 Å². The number of ether oxygens (including phenoxy) is 3. The number of hydrogen-bond donors (Lipinski definition) is 1. The Labute approximate surface area is 222 Å². The Hall–Kier alpha value is -2.68. The molecule has 0 atom stereocenters. The second-order valence-corrected chi connectivity index (χ2v) is 8.93. The normalized spacial score (nSPS) is 10.9. The van der Waals surface area contributed by atoms with Crippen molar-refractivity contribution >= 4 is 23.3 Å². The summed E-state index contributed by atoms with van der Waals surface area (Å²) in [7, 11) is 0. The highest BCUT2D eigenvalue weighted by Crippen LogP contribution is 2.27. The van der Waals surface area contributed by atoms with Crippen molar-refractivity contribution in [1.82, 2.24) is 5.32 Å². The van der Waals surface area contributed by atoms with Gasteiger partial charge in [0.25, 0.3) is 0 Å². The topological polar surface area (TPSA) is 108 Å². The molecule has 0 saturated heterocycles. The number of hydrogen-bond acceptors (Lipinski definition) is 7. The highest BCUT2D eigenvalue weighted by molar-refractivity contribution is 5.89. The van der Waals surface area contributed by atoms with E-state index in [9.17, 15) is 19.2 Å². The van der Waals surface area contributed by atoms with E-state index in [1.807, 2.05) is 0 Å². The van der Waals surface area contributed by atoms with Crippen molar-refractivity contribution in [1.29, 1.82) is 0 Å². The first-order valence-corrected chi connectivity index (χ1v) is 12.9. The van der Waals surface area contributed by atoms with Gasteiger partial charge in [0, 0.05) is 51.0 Å². The molecule has 0 fully saturated rings. The van der Waals surface area contributed by atoms with E-state index in [0.717, 1.165) is 12.8 Å². The second kappa shape index (κ2) is 22.5. The predicted molar refractivity (Wildman–Crippen MR) is 145 cm³/mol. The molecule has 0 aromatic carbocycles. The summed E-state index contributed by atoms with van der Waals surface area (Å²) in [6.45, 7) is 16.7. The van der Waals surface area contributed by atoms with Gasteiger partial charge < -0.3 is 19.5 Å². The van der Waals surface area contributed by atoms with Crippen LogP contribution < -0.4 is 5.32 Å². The summed E-state index contributed by atoms with van der Waals surface area (Å²) >= 11 is 0. The molecular weight excluding hydrogens is 474 g/mol. The third-order valence-corrected chi connectivity index (χ3v) is 5.68. The first kappa shape index (κ1) is 34.3. The van der Waals surface area contributed by atoms with Crippen molar-refractivity contribution in [2.24, 2.45) is 5.41 Å². The van der Waals surface area contributed by atoms with Gasteiger partial charge in [-0.05, 0) is 62.8 Å². The van der Waals surface area contributed by atoms with Gasteiger partial charge in [-0.15, -0.1) is 0 Å². The largest absolute Gasteiger partial charge is 0.381 e. The lowest BCUT2D eigenvalue weighted by atomic mass is 9.84. The van der Waals surface area contributed by atoms with Crippen LogP contribution in [0.15, 0.2) is 50.6 Å². The Balaban J connectivity index is 4.99. The lowest BCUT2D eigenvalue weighted by Gasteiger charge is -2.33. The van der Waals surface area contributed by atoms with Crippen LogP contribution in [0.4, 0.5) is 0 Å². The second-order valence-electron chi connectivity index (χ2n) is 8.93. The van der Waals surface area contributed by atoms with Gasteiger partial charge in [-0.2, -0.15) is 0 Å². The summed E-state index contributed by atoms with van der Waals surface area (Å²) in [5.41, 5.74) is -0.559. The molecule has 0 radical (unpaired) electrons. The highest BCUT2D eigenvalue weighted by atomic mass is 16.5. The molecule has 0 aromatic rings. The minimum Gasteiger partial charge on any atom is -0.381 e. The molecule has 0 heterocycles. The molecule has 0 rings (SSSR count). The SMILES string of the molecule is C=CC(=O)CCCCOCC(CCC(=O)C=C)(COCCCCC(=O)C=C)COCCCNC(=O)C=C. The first-order chi connectivity index (χ1) is 17.8. The molecule has 0 saturated carbocycles. The molecule has 8 nitrogen and oxygen atoms in total. The van der Waals surface area contributed by atoms with E-state index >= 15 is 0 Å². The molecule has 0 aliphatic rings. The van der Waals surface area contributed by atoms with E-state index in [1.54, 1.807) is 0 Å². The smallest absolute Gasteiger partial charge is 0.243 e. The van der Waals surface area contributed by atoms with Crippen molar-refractivity contribution < 1.29 is 33.4 Å². The Kier molecular flexibility index (Phi) is 20.9. The molecule has 0 bridgehead atoms. The van der Waals surface area contributed by atoms with Crippen LogP contribution >= 0.6 is 0 Å². The number of nitrogens with one attached hydrogen (secondary N) is 1. The van der Waals surface area contributed by atoms with E-state index in [2.05, 4.69) is 31.6 Å². The number of carbonyl (C=O) groups excluding carboxylic acids is 4. The summed E-state index contributed by atoms with van der Waals surface area (Å²) in [5.74, 6) is -0.276. The molecule has 0 spiro atoms. The van der Waals surface area contributed by atoms with E-state index in [4.69, 9.17) is 14.2 Å². The van der Waals surface area contributed by atoms with Crippen molar-refractivity contribution in [3.63, 3.8) is 0 Å². The molecule has 8 heteroatoms. The lowest BCUT2D eigenvalue weighted by molar-refractivity contribution is -0.117. The summed E-state index contributed by atoms with van der Waals surface area (Å²) < 4.78 is 17.9. The summed E-state index contributed by atoms with van der Waals surface area (Å²) in [4.78, 5) is 46.1. The Bertz CT molecular complexity index is 666. The highest BCUT2D eigenvalue weighted by Gasteiger charge is 2.32. The van der Waals surface area contributed by atoms with Crippen LogP contribution in [0.1, 0.15) is 57.8 Å². The van der Waals surface area contributed by atoms with Crippen LogP contribution in [0.2, 0.25) is 0 Å². The number of ketones is 3. The minimum atomic E-state index is -0.559. The minimum absolute atomic E-state index is 0.0122. The van der Waals surface area contributed by atoms with Crippen LogP contribution in [-0.2, 0) is 33.4 Å². The average Bonchev–Trinajstić information content (AvgIpc) is 2.91. The fraction of sp³-hybridized carbons (Fsp3) is 0.586. The van der Waals surface area contributed by atoms with Gasteiger partial charge in [-0.25, -0.2) is 0 Å². The number of amides is 1. The fourth-order valence-electron chi connectivity index (χ4n) is 3.37. The maximum atomic E-state index is 12.0. The van der Waals surface area contributed by atoms with Gasteiger partial charge in [-0.3, -0.25) is 19.2 Å². The predicted octanol–water partition coefficient (Wildman–Crippen LogP) is 4.10. The number of allylic oxidation sites excluding steroid dienone is 3. The number of unbranched alkanes of at least 4 members (excludes halogenated alkanes) is 2. The van der Waals surface area contributed by atoms with Crippen molar-refractivity contribution in [3.8, 4) is 0 Å². The molecule has 1 amide bonds. The fourth-order valence-corrected chi connectivity index (χ4v) is 3.37. The Morgan fingerprint density at radius 3 is 1.46 bits per heavy atom. The zero-order valence-corrected chi connectivity index (χ0v) is 22.3. The number of rotatable bonds is 27. The van der Waals surface area contributed by atoms with Crippen molar-refractivity contribution in [2.45, 2.75) is 57.8 Å². The van der Waals surface area contributed by atoms with Crippen LogP contribution in [0.25, 0.3) is 0 Å². The third kappa shape index (κ3) is 19.1. The van der Waals surface area contributed by atoms with E-state index in [1.165, 1.54) is 24.3 Å². The zero-order chi connectivity index (χ0) is 27.8. The van der Waals surface area contributed by atoms with Gasteiger partial charge in [-0.1, -0.05) is 26.3 Å². The summed E-state index contributed by atoms with van der Waals surface area (Å²) in [6.07, 6.45) is 10.3. The Morgan fingerprint density at radius 1 is 0.595 bits per heavy atom. The summed E-state index contributed by atoms with van der Waals surface area (Å²) in [5, 5.41) is 2.71. The van der Waals surface area contributed by atoms with E-state index < -0.39 is 5.41 Å². The van der Waals surface area contributed by atoms with Crippen LogP contribution in [0.3, 0.4) is 0 Å². The molecule has 0 aliphatic carbocycles. The van der Waals surface area contributed by atoms with Gasteiger partial charge >= 0.3 is 0 Å². The van der Waals surface area contributed by atoms with Gasteiger partial charge in [0.15, 0.2) is 17.3 Å². The molecule has 1 N–H and O–H groups in total. The van der Waals surface area contributed by atoms with Gasteiger partial charge in [0.2, 0.25) is 5.91 Å². The summed E-state index contributed by atoms with van der Waals surface area (Å²) in [6, 6.07) is 0. The zero-order valence-electron chi connectivity index (χ0n) is 22.3. The Morgan fingerprint density at radius 2 is 1.03 bits per heavy atom. The van der Waals surface area contributed by atoms with Crippen LogP contribution in [0, 0.1) is 5.41 Å². The molecule has 0 aliphatic heterocycles. The van der Waals surface area contributed by atoms with Crippen LogP contribution in [-0.4, -0.2) is 69.4 Å². The maximum Gasteiger partial charge on any atom is 0.243 e. The first-order valence-electron chi connectivity index (χ1n) is 12.9.